The quantitative estimate of drug-likeness (QED) is 0.801. The van der Waals surface area contributed by atoms with Gasteiger partial charge in [0.25, 0.3) is 0 Å². The van der Waals surface area contributed by atoms with E-state index in [-0.39, 0.29) is 6.04 Å². The van der Waals surface area contributed by atoms with Crippen LogP contribution < -0.4 is 5.32 Å². The van der Waals surface area contributed by atoms with Crippen LogP contribution in [0.2, 0.25) is 5.02 Å². The normalized spacial score (nSPS) is 15.8. The van der Waals surface area contributed by atoms with Gasteiger partial charge in [-0.1, -0.05) is 46.9 Å². The Labute approximate surface area is 127 Å². The molecule has 0 aromatic heterocycles. The summed E-state index contributed by atoms with van der Waals surface area (Å²) in [5, 5.41) is 13.2. The van der Waals surface area contributed by atoms with Crippen molar-refractivity contribution in [2.75, 3.05) is 0 Å². The molecule has 3 nitrogen and oxygen atoms in total. The van der Waals surface area contributed by atoms with Gasteiger partial charge in [0.1, 0.15) is 5.54 Å². The fraction of sp³-hybridized carbons (Fsp3) is 0.500. The number of carboxylic acids is 1. The van der Waals surface area contributed by atoms with Gasteiger partial charge in [0, 0.05) is 15.5 Å². The number of halogens is 2. The molecule has 0 saturated carbocycles. The first-order valence-corrected chi connectivity index (χ1v) is 7.43. The number of benzene rings is 1. The molecule has 0 aliphatic rings. The van der Waals surface area contributed by atoms with Gasteiger partial charge in [-0.05, 0) is 38.0 Å². The van der Waals surface area contributed by atoms with Crippen LogP contribution in [0.25, 0.3) is 0 Å². The van der Waals surface area contributed by atoms with Crippen molar-refractivity contribution in [2.24, 2.45) is 0 Å². The molecule has 2 N–H and O–H groups in total. The highest BCUT2D eigenvalue weighted by molar-refractivity contribution is 9.10. The second-order valence-electron chi connectivity index (χ2n) is 4.92. The second kappa shape index (κ2) is 6.73. The van der Waals surface area contributed by atoms with Crippen molar-refractivity contribution in [3.8, 4) is 0 Å². The summed E-state index contributed by atoms with van der Waals surface area (Å²) in [6.45, 7) is 5.61. The molecule has 0 aliphatic carbocycles. The Hall–Kier alpha value is -0.580. The third-order valence-corrected chi connectivity index (χ3v) is 4.01. The van der Waals surface area contributed by atoms with Crippen molar-refractivity contribution in [1.29, 1.82) is 0 Å². The van der Waals surface area contributed by atoms with Crippen molar-refractivity contribution in [2.45, 2.75) is 45.2 Å². The molecule has 0 spiro atoms. The minimum Gasteiger partial charge on any atom is -0.480 e. The number of carbonyl (C=O) groups is 1. The van der Waals surface area contributed by atoms with Crippen LogP contribution in [-0.4, -0.2) is 16.6 Å². The van der Waals surface area contributed by atoms with Crippen LogP contribution in [0.1, 0.15) is 45.2 Å². The average Bonchev–Trinajstić information content (AvgIpc) is 2.28. The van der Waals surface area contributed by atoms with Crippen molar-refractivity contribution < 1.29 is 9.90 Å². The smallest absolute Gasteiger partial charge is 0.323 e. The number of rotatable bonds is 6. The third kappa shape index (κ3) is 4.20. The molecule has 19 heavy (non-hydrogen) atoms. The molecule has 106 valence electrons. The predicted molar refractivity (Wildman–Crippen MR) is 81.7 cm³/mol. The fourth-order valence-electron chi connectivity index (χ4n) is 2.15. The Balaban J connectivity index is 2.94. The summed E-state index contributed by atoms with van der Waals surface area (Å²) in [4.78, 5) is 11.4. The zero-order valence-electron chi connectivity index (χ0n) is 11.3. The lowest BCUT2D eigenvalue weighted by molar-refractivity contribution is -0.144. The molecule has 1 aromatic carbocycles. The van der Waals surface area contributed by atoms with E-state index in [0.717, 1.165) is 16.5 Å². The van der Waals surface area contributed by atoms with E-state index in [1.54, 1.807) is 6.92 Å². The molecule has 2 unspecified atom stereocenters. The Morgan fingerprint density at radius 1 is 1.58 bits per heavy atom. The van der Waals surface area contributed by atoms with Gasteiger partial charge in [0.2, 0.25) is 0 Å². The third-order valence-electron chi connectivity index (χ3n) is 3.19. The van der Waals surface area contributed by atoms with Crippen LogP contribution in [0, 0.1) is 0 Å². The summed E-state index contributed by atoms with van der Waals surface area (Å²) in [5.41, 5.74) is -0.0432. The summed E-state index contributed by atoms with van der Waals surface area (Å²) in [6.07, 6.45) is 1.37. The highest BCUT2D eigenvalue weighted by Crippen LogP contribution is 2.28. The molecule has 0 bridgehead atoms. The van der Waals surface area contributed by atoms with Crippen LogP contribution in [0.15, 0.2) is 22.7 Å². The number of aliphatic carboxylic acids is 1. The molecular weight excluding hydrogens is 330 g/mol. The lowest BCUT2D eigenvalue weighted by Gasteiger charge is -2.30. The van der Waals surface area contributed by atoms with Gasteiger partial charge in [-0.3, -0.25) is 10.1 Å². The van der Waals surface area contributed by atoms with Crippen LogP contribution in [0.5, 0.6) is 0 Å². The average molecular weight is 349 g/mol. The van der Waals surface area contributed by atoms with E-state index in [0.29, 0.717) is 11.4 Å². The van der Waals surface area contributed by atoms with E-state index in [9.17, 15) is 9.90 Å². The molecule has 5 heteroatoms. The Bertz CT molecular complexity index is 467. The molecular formula is C14H19BrClNO2. The summed E-state index contributed by atoms with van der Waals surface area (Å²) in [6, 6.07) is 5.48. The summed E-state index contributed by atoms with van der Waals surface area (Å²) in [7, 11) is 0. The van der Waals surface area contributed by atoms with E-state index in [2.05, 4.69) is 21.2 Å². The molecule has 0 saturated heterocycles. The molecule has 2 atom stereocenters. The van der Waals surface area contributed by atoms with Crippen LogP contribution in [0.4, 0.5) is 0 Å². The Morgan fingerprint density at radius 3 is 2.68 bits per heavy atom. The van der Waals surface area contributed by atoms with Crippen molar-refractivity contribution in [3.05, 3.63) is 33.3 Å². The van der Waals surface area contributed by atoms with Crippen molar-refractivity contribution >= 4 is 33.5 Å². The summed E-state index contributed by atoms with van der Waals surface area (Å²) in [5.74, 6) is -0.838. The van der Waals surface area contributed by atoms with Gasteiger partial charge in [0.15, 0.2) is 0 Å². The van der Waals surface area contributed by atoms with Crippen molar-refractivity contribution in [3.63, 3.8) is 0 Å². The maximum Gasteiger partial charge on any atom is 0.323 e. The maximum absolute atomic E-state index is 11.4. The molecule has 1 rings (SSSR count). The first kappa shape index (κ1) is 16.5. The Kier molecular flexibility index (Phi) is 5.83. The van der Waals surface area contributed by atoms with Gasteiger partial charge in [-0.15, -0.1) is 0 Å². The Morgan fingerprint density at radius 2 is 2.21 bits per heavy atom. The van der Waals surface area contributed by atoms with Crippen LogP contribution in [0.3, 0.4) is 0 Å². The number of hydrogen-bond donors (Lipinski definition) is 2. The van der Waals surface area contributed by atoms with Gasteiger partial charge in [-0.25, -0.2) is 0 Å². The second-order valence-corrected chi connectivity index (χ2v) is 6.24. The SMILES string of the molecule is CCCC(C)(NC(C)c1ccc(Br)cc1Cl)C(=O)O. The van der Waals surface area contributed by atoms with E-state index in [1.807, 2.05) is 32.0 Å². The lowest BCUT2D eigenvalue weighted by Crippen LogP contribution is -2.50. The fourth-order valence-corrected chi connectivity index (χ4v) is 2.99. The number of carboxylic acid groups (broad SMARTS) is 1. The number of nitrogens with one attached hydrogen (secondary N) is 1. The molecule has 0 heterocycles. The standard InChI is InChI=1S/C14H19BrClNO2/c1-4-7-14(3,13(18)19)17-9(2)11-6-5-10(15)8-12(11)16/h5-6,8-9,17H,4,7H2,1-3H3,(H,18,19). The lowest BCUT2D eigenvalue weighted by atomic mass is 9.94. The van der Waals surface area contributed by atoms with E-state index in [4.69, 9.17) is 11.6 Å². The molecule has 0 fully saturated rings. The highest BCUT2D eigenvalue weighted by atomic mass is 79.9. The maximum atomic E-state index is 11.4. The molecule has 0 amide bonds. The van der Waals surface area contributed by atoms with E-state index >= 15 is 0 Å². The predicted octanol–water partition coefficient (Wildman–Crippen LogP) is 4.40. The monoisotopic (exact) mass is 347 g/mol. The van der Waals surface area contributed by atoms with E-state index in [1.165, 1.54) is 0 Å². The zero-order valence-corrected chi connectivity index (χ0v) is 13.7. The van der Waals surface area contributed by atoms with Gasteiger partial charge >= 0.3 is 5.97 Å². The van der Waals surface area contributed by atoms with E-state index < -0.39 is 11.5 Å². The highest BCUT2D eigenvalue weighted by Gasteiger charge is 2.33. The molecule has 0 aliphatic heterocycles. The first-order chi connectivity index (χ1) is 8.80. The zero-order chi connectivity index (χ0) is 14.6. The first-order valence-electron chi connectivity index (χ1n) is 6.26. The van der Waals surface area contributed by atoms with Gasteiger partial charge in [0.05, 0.1) is 0 Å². The van der Waals surface area contributed by atoms with Gasteiger partial charge < -0.3 is 5.11 Å². The van der Waals surface area contributed by atoms with Crippen LogP contribution in [-0.2, 0) is 4.79 Å². The summed E-state index contributed by atoms with van der Waals surface area (Å²) < 4.78 is 0.906. The van der Waals surface area contributed by atoms with Crippen LogP contribution >= 0.6 is 27.5 Å². The topological polar surface area (TPSA) is 49.3 Å². The minimum absolute atomic E-state index is 0.131. The summed E-state index contributed by atoms with van der Waals surface area (Å²) >= 11 is 9.55. The van der Waals surface area contributed by atoms with Crippen molar-refractivity contribution in [1.82, 2.24) is 5.32 Å². The largest absolute Gasteiger partial charge is 0.480 e. The van der Waals surface area contributed by atoms with Gasteiger partial charge in [-0.2, -0.15) is 0 Å². The molecule has 0 radical (unpaired) electrons. The molecule has 1 aromatic rings. The number of hydrogen-bond acceptors (Lipinski definition) is 2. The minimum atomic E-state index is -0.940.